The molecule has 4 nitrogen and oxygen atoms in total. The number of carbonyl (C=O) groups excluding carboxylic acids is 1. The second-order valence-electron chi connectivity index (χ2n) is 4.36. The Morgan fingerprint density at radius 2 is 2.05 bits per heavy atom. The molecular weight excluding hydrogens is 306 g/mol. The van der Waals surface area contributed by atoms with Crippen molar-refractivity contribution in [3.05, 3.63) is 51.6 Å². The lowest BCUT2D eigenvalue weighted by molar-refractivity contribution is 0.102. The van der Waals surface area contributed by atoms with Crippen LogP contribution >= 0.6 is 15.9 Å². The molecule has 0 aliphatic rings. The summed E-state index contributed by atoms with van der Waals surface area (Å²) in [5.74, 6) is -0.0521. The number of aryl methyl sites for hydroxylation is 2. The molecule has 98 valence electrons. The molecular formula is C14H14BrN3O. The maximum absolute atomic E-state index is 12.2. The van der Waals surface area contributed by atoms with Crippen LogP contribution in [0, 0.1) is 13.8 Å². The van der Waals surface area contributed by atoms with Gasteiger partial charge >= 0.3 is 0 Å². The van der Waals surface area contributed by atoms with Gasteiger partial charge in [-0.25, -0.2) is 4.98 Å². The SMILES string of the molecule is Cc1ccc(NC(=O)c2cc(Br)cnc2N)c(C)c1. The maximum Gasteiger partial charge on any atom is 0.259 e. The molecule has 0 aliphatic carbocycles. The number of hydrogen-bond donors (Lipinski definition) is 2. The van der Waals surface area contributed by atoms with E-state index in [0.29, 0.717) is 10.0 Å². The standard InChI is InChI=1S/C14H14BrN3O/c1-8-3-4-12(9(2)5-8)18-14(19)11-6-10(15)7-17-13(11)16/h3-7H,1-2H3,(H2,16,17)(H,18,19). The van der Waals surface area contributed by atoms with Gasteiger partial charge in [0.05, 0.1) is 5.56 Å². The third-order valence-corrected chi connectivity index (χ3v) is 3.19. The Labute approximate surface area is 120 Å². The number of nitrogens with two attached hydrogens (primary N) is 1. The number of benzene rings is 1. The predicted octanol–water partition coefficient (Wildman–Crippen LogP) is 3.30. The van der Waals surface area contributed by atoms with Crippen molar-refractivity contribution in [1.82, 2.24) is 4.98 Å². The number of halogens is 1. The molecule has 0 saturated carbocycles. The second kappa shape index (κ2) is 5.40. The zero-order chi connectivity index (χ0) is 14.0. The summed E-state index contributed by atoms with van der Waals surface area (Å²) in [5, 5.41) is 2.84. The highest BCUT2D eigenvalue weighted by molar-refractivity contribution is 9.10. The second-order valence-corrected chi connectivity index (χ2v) is 5.27. The van der Waals surface area contributed by atoms with Crippen LogP contribution in [0.25, 0.3) is 0 Å². The number of hydrogen-bond acceptors (Lipinski definition) is 3. The van der Waals surface area contributed by atoms with Crippen LogP contribution in [0.5, 0.6) is 0 Å². The average molecular weight is 320 g/mol. The van der Waals surface area contributed by atoms with E-state index in [0.717, 1.165) is 16.8 Å². The van der Waals surface area contributed by atoms with E-state index in [2.05, 4.69) is 26.2 Å². The van der Waals surface area contributed by atoms with Crippen molar-refractivity contribution < 1.29 is 4.79 Å². The molecule has 0 bridgehead atoms. The Balaban J connectivity index is 2.28. The van der Waals surface area contributed by atoms with Gasteiger partial charge in [0, 0.05) is 16.4 Å². The van der Waals surface area contributed by atoms with Gasteiger partial charge in [-0.2, -0.15) is 0 Å². The minimum atomic E-state index is -0.266. The summed E-state index contributed by atoms with van der Waals surface area (Å²) in [4.78, 5) is 16.1. The van der Waals surface area contributed by atoms with E-state index in [9.17, 15) is 4.79 Å². The first kappa shape index (κ1) is 13.5. The Morgan fingerprint density at radius 3 is 2.74 bits per heavy atom. The van der Waals surface area contributed by atoms with Crippen LogP contribution < -0.4 is 11.1 Å². The average Bonchev–Trinajstić information content (AvgIpc) is 2.35. The van der Waals surface area contributed by atoms with Crippen LogP contribution in [0.15, 0.2) is 34.9 Å². The summed E-state index contributed by atoms with van der Waals surface area (Å²) >= 11 is 3.28. The first-order chi connectivity index (χ1) is 8.97. The first-order valence-electron chi connectivity index (χ1n) is 5.77. The first-order valence-corrected chi connectivity index (χ1v) is 6.56. The van der Waals surface area contributed by atoms with Gasteiger partial charge in [0.1, 0.15) is 5.82 Å². The summed E-state index contributed by atoms with van der Waals surface area (Å²) in [5.41, 5.74) is 9.00. The number of amides is 1. The zero-order valence-electron chi connectivity index (χ0n) is 10.7. The highest BCUT2D eigenvalue weighted by Gasteiger charge is 2.12. The van der Waals surface area contributed by atoms with Crippen LogP contribution in [-0.4, -0.2) is 10.9 Å². The number of aromatic nitrogens is 1. The molecule has 2 aromatic rings. The van der Waals surface area contributed by atoms with Crippen molar-refractivity contribution in [2.45, 2.75) is 13.8 Å². The quantitative estimate of drug-likeness (QED) is 0.892. The number of anilines is 2. The highest BCUT2D eigenvalue weighted by Crippen LogP contribution is 2.20. The molecule has 0 fully saturated rings. The lowest BCUT2D eigenvalue weighted by atomic mass is 10.1. The minimum absolute atomic E-state index is 0.213. The van der Waals surface area contributed by atoms with Gasteiger partial charge in [-0.3, -0.25) is 4.79 Å². The van der Waals surface area contributed by atoms with E-state index in [-0.39, 0.29) is 11.7 Å². The molecule has 1 heterocycles. The summed E-state index contributed by atoms with van der Waals surface area (Å²) in [7, 11) is 0. The van der Waals surface area contributed by atoms with E-state index in [1.54, 1.807) is 12.3 Å². The number of nitrogens with one attached hydrogen (secondary N) is 1. The zero-order valence-corrected chi connectivity index (χ0v) is 12.3. The Kier molecular flexibility index (Phi) is 3.85. The van der Waals surface area contributed by atoms with Gasteiger partial charge in [0.15, 0.2) is 0 Å². The van der Waals surface area contributed by atoms with Crippen molar-refractivity contribution in [3.63, 3.8) is 0 Å². The fourth-order valence-corrected chi connectivity index (χ4v) is 2.11. The molecule has 19 heavy (non-hydrogen) atoms. The number of carbonyl (C=O) groups is 1. The molecule has 1 aromatic carbocycles. The fraction of sp³-hybridized carbons (Fsp3) is 0.143. The molecule has 0 atom stereocenters. The molecule has 0 aliphatic heterocycles. The molecule has 0 saturated heterocycles. The summed E-state index contributed by atoms with van der Waals surface area (Å²) in [6, 6.07) is 7.49. The Morgan fingerprint density at radius 1 is 1.32 bits per heavy atom. The van der Waals surface area contributed by atoms with E-state index in [1.807, 2.05) is 32.0 Å². The number of nitrogens with zero attached hydrogens (tertiary/aromatic N) is 1. The van der Waals surface area contributed by atoms with Gasteiger partial charge in [0.25, 0.3) is 5.91 Å². The smallest absolute Gasteiger partial charge is 0.259 e. The molecule has 3 N–H and O–H groups in total. The van der Waals surface area contributed by atoms with Crippen molar-refractivity contribution in [1.29, 1.82) is 0 Å². The summed E-state index contributed by atoms with van der Waals surface area (Å²) < 4.78 is 0.715. The van der Waals surface area contributed by atoms with E-state index < -0.39 is 0 Å². The lowest BCUT2D eigenvalue weighted by Gasteiger charge is -2.10. The third kappa shape index (κ3) is 3.12. The highest BCUT2D eigenvalue weighted by atomic mass is 79.9. The van der Waals surface area contributed by atoms with Gasteiger partial charge in [-0.05, 0) is 47.5 Å². The Bertz CT molecular complexity index is 641. The number of pyridine rings is 1. The Hall–Kier alpha value is -1.88. The molecule has 0 unspecified atom stereocenters. The monoisotopic (exact) mass is 319 g/mol. The van der Waals surface area contributed by atoms with E-state index in [1.165, 1.54) is 0 Å². The number of rotatable bonds is 2. The van der Waals surface area contributed by atoms with Crippen LogP contribution in [0.1, 0.15) is 21.5 Å². The van der Waals surface area contributed by atoms with E-state index >= 15 is 0 Å². The van der Waals surface area contributed by atoms with Crippen molar-refractivity contribution in [2.24, 2.45) is 0 Å². The van der Waals surface area contributed by atoms with Crippen LogP contribution in [0.4, 0.5) is 11.5 Å². The van der Waals surface area contributed by atoms with Crippen molar-refractivity contribution in [2.75, 3.05) is 11.1 Å². The fourth-order valence-electron chi connectivity index (χ4n) is 1.78. The lowest BCUT2D eigenvalue weighted by Crippen LogP contribution is -2.15. The van der Waals surface area contributed by atoms with E-state index in [4.69, 9.17) is 5.73 Å². The van der Waals surface area contributed by atoms with Gasteiger partial charge in [-0.1, -0.05) is 17.7 Å². The third-order valence-electron chi connectivity index (χ3n) is 2.76. The summed E-state index contributed by atoms with van der Waals surface area (Å²) in [6.07, 6.45) is 1.56. The topological polar surface area (TPSA) is 68.0 Å². The van der Waals surface area contributed by atoms with Gasteiger partial charge in [-0.15, -0.1) is 0 Å². The van der Waals surface area contributed by atoms with Crippen LogP contribution in [-0.2, 0) is 0 Å². The maximum atomic E-state index is 12.2. The normalized spacial score (nSPS) is 10.3. The minimum Gasteiger partial charge on any atom is -0.383 e. The number of nitrogen functional groups attached to an aromatic ring is 1. The predicted molar refractivity (Wildman–Crippen MR) is 80.2 cm³/mol. The van der Waals surface area contributed by atoms with Gasteiger partial charge in [0.2, 0.25) is 0 Å². The van der Waals surface area contributed by atoms with Crippen molar-refractivity contribution >= 4 is 33.3 Å². The molecule has 0 spiro atoms. The molecule has 1 aromatic heterocycles. The van der Waals surface area contributed by atoms with Gasteiger partial charge < -0.3 is 11.1 Å². The summed E-state index contributed by atoms with van der Waals surface area (Å²) in [6.45, 7) is 3.96. The van der Waals surface area contributed by atoms with Crippen LogP contribution in [0.3, 0.4) is 0 Å². The molecule has 2 rings (SSSR count). The van der Waals surface area contributed by atoms with Crippen LogP contribution in [0.2, 0.25) is 0 Å². The molecule has 5 heteroatoms. The molecule has 1 amide bonds. The molecule has 0 radical (unpaired) electrons. The van der Waals surface area contributed by atoms with Crippen molar-refractivity contribution in [3.8, 4) is 0 Å². The largest absolute Gasteiger partial charge is 0.383 e.